The van der Waals surface area contributed by atoms with E-state index in [2.05, 4.69) is 9.88 Å². The summed E-state index contributed by atoms with van der Waals surface area (Å²) in [5.74, 6) is 0.814. The molecule has 0 aliphatic carbocycles. The van der Waals surface area contributed by atoms with Gasteiger partial charge in [-0.25, -0.2) is 4.98 Å². The predicted molar refractivity (Wildman–Crippen MR) is 111 cm³/mol. The molecule has 0 saturated carbocycles. The first kappa shape index (κ1) is 19.4. The van der Waals surface area contributed by atoms with Crippen LogP contribution in [0.15, 0.2) is 30.6 Å². The molecular formula is C22H27N5O2. The molecule has 0 radical (unpaired) electrons. The lowest BCUT2D eigenvalue weighted by atomic mass is 10.0. The third-order valence-corrected chi connectivity index (χ3v) is 5.74. The van der Waals surface area contributed by atoms with E-state index >= 15 is 0 Å². The van der Waals surface area contributed by atoms with E-state index in [1.807, 2.05) is 17.0 Å². The summed E-state index contributed by atoms with van der Waals surface area (Å²) in [5, 5.41) is 8.20. The molecule has 1 amide bonds. The highest BCUT2D eigenvalue weighted by atomic mass is 16.2. The van der Waals surface area contributed by atoms with Crippen molar-refractivity contribution in [3.63, 3.8) is 0 Å². The number of fused-ring (bicyclic) bond motifs is 1. The second-order valence-electron chi connectivity index (χ2n) is 7.70. The van der Waals surface area contributed by atoms with Crippen LogP contribution in [0, 0.1) is 5.41 Å². The van der Waals surface area contributed by atoms with Crippen LogP contribution in [0.1, 0.15) is 59.7 Å². The van der Waals surface area contributed by atoms with E-state index in [1.54, 1.807) is 25.4 Å². The minimum absolute atomic E-state index is 0.0735. The van der Waals surface area contributed by atoms with Crippen LogP contribution < -0.4 is 10.4 Å². The number of hydrogen-bond acceptors (Lipinski definition) is 5. The van der Waals surface area contributed by atoms with Gasteiger partial charge in [0.25, 0.3) is 5.91 Å². The minimum atomic E-state index is -0.0976. The molecule has 7 nitrogen and oxygen atoms in total. The summed E-state index contributed by atoms with van der Waals surface area (Å²) in [5.41, 5.74) is 2.73. The SMILES string of the molecule is CCC(=O)n1ccc(N2CCCc3cc(C(=O)N4CCCCC4)cnc32)cc1=N. The number of piperidine rings is 1. The Balaban J connectivity index is 1.62. The quantitative estimate of drug-likeness (QED) is 0.869. The van der Waals surface area contributed by atoms with E-state index in [0.717, 1.165) is 62.4 Å². The van der Waals surface area contributed by atoms with Crippen LogP contribution in [-0.2, 0) is 6.42 Å². The van der Waals surface area contributed by atoms with Gasteiger partial charge in [-0.3, -0.25) is 19.6 Å². The lowest BCUT2D eigenvalue weighted by Gasteiger charge is -2.31. The van der Waals surface area contributed by atoms with Crippen molar-refractivity contribution in [1.82, 2.24) is 14.5 Å². The van der Waals surface area contributed by atoms with Crippen LogP contribution in [0.3, 0.4) is 0 Å². The predicted octanol–water partition coefficient (Wildman–Crippen LogP) is 3.12. The van der Waals surface area contributed by atoms with E-state index in [9.17, 15) is 9.59 Å². The van der Waals surface area contributed by atoms with Crippen LogP contribution in [-0.4, -0.2) is 45.9 Å². The number of pyridine rings is 2. The maximum Gasteiger partial charge on any atom is 0.255 e. The lowest BCUT2D eigenvalue weighted by molar-refractivity contribution is 0.0723. The lowest BCUT2D eigenvalue weighted by Crippen LogP contribution is -2.36. The topological polar surface area (TPSA) is 82.3 Å². The van der Waals surface area contributed by atoms with Crippen molar-refractivity contribution in [2.24, 2.45) is 0 Å². The summed E-state index contributed by atoms with van der Waals surface area (Å²) in [6.45, 7) is 4.24. The highest BCUT2D eigenvalue weighted by molar-refractivity contribution is 5.94. The Labute approximate surface area is 170 Å². The number of amides is 1. The molecule has 0 unspecified atom stereocenters. The number of aryl methyl sites for hydroxylation is 1. The molecule has 1 N–H and O–H groups in total. The molecule has 0 spiro atoms. The summed E-state index contributed by atoms with van der Waals surface area (Å²) < 4.78 is 1.36. The standard InChI is InChI=1S/C22H27N5O2/c1-2-20(28)27-12-8-18(14-19(27)23)26-11-6-7-16-13-17(15-24-21(16)26)22(29)25-9-4-3-5-10-25/h8,12-15,23H,2-7,9-11H2,1H3. The zero-order chi connectivity index (χ0) is 20.4. The summed E-state index contributed by atoms with van der Waals surface area (Å²) in [4.78, 5) is 33.4. The number of nitrogens with one attached hydrogen (secondary N) is 1. The van der Waals surface area contributed by atoms with E-state index in [0.29, 0.717) is 12.0 Å². The summed E-state index contributed by atoms with van der Waals surface area (Å²) in [6.07, 6.45) is 8.87. The van der Waals surface area contributed by atoms with Crippen LogP contribution in [0.2, 0.25) is 0 Å². The molecule has 4 rings (SSSR count). The Morgan fingerprint density at radius 2 is 1.90 bits per heavy atom. The molecule has 0 aromatic carbocycles. The average molecular weight is 393 g/mol. The van der Waals surface area contributed by atoms with Gasteiger partial charge in [0.1, 0.15) is 11.3 Å². The Kier molecular flexibility index (Phi) is 5.47. The first-order valence-corrected chi connectivity index (χ1v) is 10.4. The molecule has 1 saturated heterocycles. The number of rotatable bonds is 3. The normalized spacial score (nSPS) is 16.4. The summed E-state index contributed by atoms with van der Waals surface area (Å²) in [7, 11) is 0. The maximum atomic E-state index is 12.8. The number of aromatic nitrogens is 2. The molecule has 7 heteroatoms. The fourth-order valence-electron chi connectivity index (χ4n) is 4.16. The van der Waals surface area contributed by atoms with Gasteiger partial charge >= 0.3 is 0 Å². The molecule has 29 heavy (non-hydrogen) atoms. The summed E-state index contributed by atoms with van der Waals surface area (Å²) >= 11 is 0. The molecule has 2 aliphatic rings. The Hall–Kier alpha value is -2.96. The van der Waals surface area contributed by atoms with Crippen molar-refractivity contribution < 1.29 is 9.59 Å². The van der Waals surface area contributed by atoms with Gasteiger partial charge in [-0.15, -0.1) is 0 Å². The first-order valence-electron chi connectivity index (χ1n) is 10.4. The third kappa shape index (κ3) is 3.81. The van der Waals surface area contributed by atoms with E-state index in [-0.39, 0.29) is 17.3 Å². The van der Waals surface area contributed by atoms with Crippen LogP contribution in [0.25, 0.3) is 0 Å². The largest absolute Gasteiger partial charge is 0.339 e. The second kappa shape index (κ2) is 8.19. The van der Waals surface area contributed by atoms with Crippen molar-refractivity contribution in [3.8, 4) is 0 Å². The van der Waals surface area contributed by atoms with Crippen molar-refractivity contribution >= 4 is 23.3 Å². The highest BCUT2D eigenvalue weighted by Gasteiger charge is 2.24. The number of hydrogen-bond donors (Lipinski definition) is 1. The van der Waals surface area contributed by atoms with Crippen molar-refractivity contribution in [1.29, 1.82) is 5.41 Å². The number of carbonyl (C=O) groups is 2. The zero-order valence-corrected chi connectivity index (χ0v) is 16.9. The molecule has 152 valence electrons. The number of carbonyl (C=O) groups excluding carboxylic acids is 2. The number of anilines is 2. The molecule has 0 atom stereocenters. The molecule has 2 aromatic rings. The molecule has 1 fully saturated rings. The van der Waals surface area contributed by atoms with Crippen molar-refractivity contribution in [2.75, 3.05) is 24.5 Å². The van der Waals surface area contributed by atoms with Gasteiger partial charge in [0.05, 0.1) is 5.56 Å². The maximum absolute atomic E-state index is 12.8. The Morgan fingerprint density at radius 1 is 1.10 bits per heavy atom. The fraction of sp³-hybridized carbons (Fsp3) is 0.455. The Morgan fingerprint density at radius 3 is 2.62 bits per heavy atom. The first-order chi connectivity index (χ1) is 14.1. The zero-order valence-electron chi connectivity index (χ0n) is 16.9. The van der Waals surface area contributed by atoms with Crippen molar-refractivity contribution in [3.05, 3.63) is 47.2 Å². The molecule has 4 heterocycles. The minimum Gasteiger partial charge on any atom is -0.339 e. The van der Waals surface area contributed by atoms with Crippen molar-refractivity contribution in [2.45, 2.75) is 45.4 Å². The van der Waals surface area contributed by atoms with Crippen LogP contribution >= 0.6 is 0 Å². The monoisotopic (exact) mass is 393 g/mol. The van der Waals surface area contributed by atoms with Gasteiger partial charge in [0.15, 0.2) is 0 Å². The van der Waals surface area contributed by atoms with E-state index in [4.69, 9.17) is 5.41 Å². The number of likely N-dealkylation sites (tertiary alicyclic amines) is 1. The van der Waals surface area contributed by atoms with Gasteiger partial charge in [0.2, 0.25) is 5.91 Å². The van der Waals surface area contributed by atoms with E-state index in [1.165, 1.54) is 11.0 Å². The number of nitrogens with zero attached hydrogens (tertiary/aromatic N) is 4. The molecule has 0 bridgehead atoms. The van der Waals surface area contributed by atoms with Gasteiger partial charge < -0.3 is 9.80 Å². The van der Waals surface area contributed by atoms with E-state index < -0.39 is 0 Å². The smallest absolute Gasteiger partial charge is 0.255 e. The second-order valence-corrected chi connectivity index (χ2v) is 7.70. The van der Waals surface area contributed by atoms with Gasteiger partial charge in [-0.05, 0) is 49.8 Å². The van der Waals surface area contributed by atoms with Gasteiger partial charge in [0, 0.05) is 50.2 Å². The molecular weight excluding hydrogens is 366 g/mol. The summed E-state index contributed by atoms with van der Waals surface area (Å²) in [6, 6.07) is 5.54. The van der Waals surface area contributed by atoms with Crippen LogP contribution in [0.4, 0.5) is 11.5 Å². The Bertz CT molecular complexity index is 991. The molecule has 2 aliphatic heterocycles. The fourth-order valence-corrected chi connectivity index (χ4v) is 4.16. The van der Waals surface area contributed by atoms with Gasteiger partial charge in [-0.1, -0.05) is 6.92 Å². The van der Waals surface area contributed by atoms with Gasteiger partial charge in [-0.2, -0.15) is 0 Å². The third-order valence-electron chi connectivity index (χ3n) is 5.74. The highest BCUT2D eigenvalue weighted by Crippen LogP contribution is 2.31. The molecule has 2 aromatic heterocycles. The average Bonchev–Trinajstić information content (AvgIpc) is 2.77. The van der Waals surface area contributed by atoms with Crippen LogP contribution in [0.5, 0.6) is 0 Å².